The number of halogens is 2. The second-order valence-corrected chi connectivity index (χ2v) is 8.43. The van der Waals surface area contributed by atoms with Gasteiger partial charge >= 0.3 is 0 Å². The molecule has 164 valence electrons. The number of fused-ring (bicyclic) bond motifs is 2. The second kappa shape index (κ2) is 7.12. The maximum absolute atomic E-state index is 14.6. The van der Waals surface area contributed by atoms with E-state index in [0.29, 0.717) is 41.2 Å². The molecular weight excluding hydrogens is 406 g/mol. The minimum Gasteiger partial charge on any atom is -0.488 e. The van der Waals surface area contributed by atoms with Crippen molar-refractivity contribution in [3.63, 3.8) is 0 Å². The summed E-state index contributed by atoms with van der Waals surface area (Å²) in [7, 11) is 0. The molecule has 1 saturated heterocycles. The van der Waals surface area contributed by atoms with Crippen LogP contribution in [-0.2, 0) is 12.3 Å². The summed E-state index contributed by atoms with van der Waals surface area (Å²) in [5, 5.41) is 12.7. The van der Waals surface area contributed by atoms with Crippen LogP contribution in [0.25, 0.3) is 11.3 Å². The number of ether oxygens (including phenoxy) is 1. The zero-order chi connectivity index (χ0) is 21.9. The maximum atomic E-state index is 14.6. The van der Waals surface area contributed by atoms with E-state index in [1.807, 2.05) is 13.8 Å². The summed E-state index contributed by atoms with van der Waals surface area (Å²) >= 11 is 0. The number of hydrogen-bond acceptors (Lipinski definition) is 6. The standard InChI is InChI=1S/C22H24F2N4O3/c1-3-13-9-25-20(30)14-5-4-12(8-17(14)31-13)18-15-6-7-22(23,24)19(15)27-21(26-18)28-10-16(29)11(28)2/h4-5,8,11,13,16,29H,3,6-7,9-10H2,1-2H3,(H,25,30)/t11-,13?,16?/m0/s1. The smallest absolute Gasteiger partial charge is 0.290 e. The molecule has 2 aliphatic heterocycles. The second-order valence-electron chi connectivity index (χ2n) is 8.43. The third-order valence-electron chi connectivity index (χ3n) is 6.46. The summed E-state index contributed by atoms with van der Waals surface area (Å²) in [5.74, 6) is -2.64. The molecule has 1 amide bonds. The molecule has 2 aromatic rings. The lowest BCUT2D eigenvalue weighted by Crippen LogP contribution is -2.59. The van der Waals surface area contributed by atoms with Gasteiger partial charge in [-0.3, -0.25) is 4.79 Å². The SMILES string of the molecule is CCC1CNC(=O)c2ccc(-c3nc(N4CC(O)[C@@H]4C)nc4c3CCC4(F)F)cc2O1. The number of hydrogen-bond donors (Lipinski definition) is 2. The quantitative estimate of drug-likeness (QED) is 0.779. The van der Waals surface area contributed by atoms with Gasteiger partial charge in [-0.2, -0.15) is 8.78 Å². The molecule has 9 heteroatoms. The Labute approximate surface area is 178 Å². The summed E-state index contributed by atoms with van der Waals surface area (Å²) in [6.07, 6.45) is -0.121. The first-order valence-electron chi connectivity index (χ1n) is 10.6. The molecule has 1 aliphatic carbocycles. The first kappa shape index (κ1) is 20.1. The van der Waals surface area contributed by atoms with E-state index >= 15 is 0 Å². The number of anilines is 1. The van der Waals surface area contributed by atoms with Crippen LogP contribution in [0.2, 0.25) is 0 Å². The Morgan fingerprint density at radius 2 is 2.16 bits per heavy atom. The summed E-state index contributed by atoms with van der Waals surface area (Å²) in [6, 6.07) is 4.83. The van der Waals surface area contributed by atoms with Crippen LogP contribution in [0.15, 0.2) is 18.2 Å². The lowest BCUT2D eigenvalue weighted by atomic mass is 10.0. The maximum Gasteiger partial charge on any atom is 0.290 e. The van der Waals surface area contributed by atoms with Crippen LogP contribution in [0.5, 0.6) is 5.75 Å². The molecule has 0 bridgehead atoms. The van der Waals surface area contributed by atoms with Crippen LogP contribution >= 0.6 is 0 Å². The lowest BCUT2D eigenvalue weighted by Gasteiger charge is -2.43. The van der Waals surface area contributed by atoms with Gasteiger partial charge in [-0.05, 0) is 31.9 Å². The predicted octanol–water partition coefficient (Wildman–Crippen LogP) is 2.65. The zero-order valence-electron chi connectivity index (χ0n) is 17.4. The van der Waals surface area contributed by atoms with Gasteiger partial charge in [-0.1, -0.05) is 13.0 Å². The van der Waals surface area contributed by atoms with E-state index in [9.17, 15) is 18.7 Å². The highest BCUT2D eigenvalue weighted by molar-refractivity contribution is 5.98. The summed E-state index contributed by atoms with van der Waals surface area (Å²) < 4.78 is 35.2. The topological polar surface area (TPSA) is 87.6 Å². The van der Waals surface area contributed by atoms with Crippen LogP contribution in [0, 0.1) is 0 Å². The number of carbonyl (C=O) groups excluding carboxylic acids is 1. The number of aliphatic hydroxyl groups excluding tert-OH is 1. The monoisotopic (exact) mass is 430 g/mol. The van der Waals surface area contributed by atoms with Crippen LogP contribution in [0.4, 0.5) is 14.7 Å². The number of alkyl halides is 2. The molecule has 1 aromatic carbocycles. The average Bonchev–Trinajstić information content (AvgIpc) is 2.97. The number of rotatable bonds is 3. The van der Waals surface area contributed by atoms with E-state index in [1.54, 1.807) is 23.1 Å². The predicted molar refractivity (Wildman–Crippen MR) is 110 cm³/mol. The highest BCUT2D eigenvalue weighted by atomic mass is 19.3. The fourth-order valence-corrected chi connectivity index (χ4v) is 4.34. The first-order valence-corrected chi connectivity index (χ1v) is 10.6. The molecule has 0 saturated carbocycles. The van der Waals surface area contributed by atoms with Gasteiger partial charge in [0.2, 0.25) is 5.95 Å². The van der Waals surface area contributed by atoms with Gasteiger partial charge in [0, 0.05) is 24.1 Å². The van der Waals surface area contributed by atoms with Crippen molar-refractivity contribution in [3.05, 3.63) is 35.0 Å². The largest absolute Gasteiger partial charge is 0.488 e. The fourth-order valence-electron chi connectivity index (χ4n) is 4.34. The van der Waals surface area contributed by atoms with E-state index in [4.69, 9.17) is 4.74 Å². The third-order valence-corrected chi connectivity index (χ3v) is 6.46. The molecule has 1 aromatic heterocycles. The molecule has 0 spiro atoms. The number of benzene rings is 1. The Kier molecular flexibility index (Phi) is 4.62. The molecule has 31 heavy (non-hydrogen) atoms. The molecule has 2 N–H and O–H groups in total. The Hall–Kier alpha value is -2.81. The van der Waals surface area contributed by atoms with Crippen molar-refractivity contribution in [2.45, 2.75) is 57.3 Å². The molecule has 3 aliphatic rings. The average molecular weight is 430 g/mol. The van der Waals surface area contributed by atoms with Crippen LogP contribution < -0.4 is 15.0 Å². The van der Waals surface area contributed by atoms with E-state index in [1.165, 1.54) is 0 Å². The number of amides is 1. The number of β-amino-alcohol motifs (C(OH)–C–C–N with tert-alkyl or cyclic N) is 1. The van der Waals surface area contributed by atoms with Crippen molar-refractivity contribution < 1.29 is 23.4 Å². The van der Waals surface area contributed by atoms with Gasteiger partial charge in [0.15, 0.2) is 0 Å². The minimum atomic E-state index is -3.02. The molecule has 1 fully saturated rings. The van der Waals surface area contributed by atoms with Crippen molar-refractivity contribution in [1.82, 2.24) is 15.3 Å². The highest BCUT2D eigenvalue weighted by Gasteiger charge is 2.45. The molecular formula is C22H24F2N4O3. The Morgan fingerprint density at radius 3 is 2.87 bits per heavy atom. The summed E-state index contributed by atoms with van der Waals surface area (Å²) in [4.78, 5) is 23.0. The van der Waals surface area contributed by atoms with E-state index in [0.717, 1.165) is 6.42 Å². The van der Waals surface area contributed by atoms with Crippen LogP contribution in [-0.4, -0.2) is 52.3 Å². The number of carbonyl (C=O) groups is 1. The minimum absolute atomic E-state index is 0.167. The van der Waals surface area contributed by atoms with Crippen molar-refractivity contribution in [1.29, 1.82) is 0 Å². The molecule has 3 atom stereocenters. The van der Waals surface area contributed by atoms with Crippen molar-refractivity contribution in [2.75, 3.05) is 18.0 Å². The lowest BCUT2D eigenvalue weighted by molar-refractivity contribution is -0.00603. The Morgan fingerprint density at radius 1 is 1.35 bits per heavy atom. The van der Waals surface area contributed by atoms with Crippen molar-refractivity contribution >= 4 is 11.9 Å². The van der Waals surface area contributed by atoms with E-state index in [-0.39, 0.29) is 42.5 Å². The molecule has 0 radical (unpaired) electrons. The molecule has 3 heterocycles. The highest BCUT2D eigenvalue weighted by Crippen LogP contribution is 2.45. The zero-order valence-corrected chi connectivity index (χ0v) is 17.4. The Balaban J connectivity index is 1.63. The molecule has 7 nitrogen and oxygen atoms in total. The van der Waals surface area contributed by atoms with E-state index < -0.39 is 12.0 Å². The Bertz CT molecular complexity index is 1060. The van der Waals surface area contributed by atoms with Gasteiger partial charge in [-0.15, -0.1) is 0 Å². The van der Waals surface area contributed by atoms with Crippen molar-refractivity contribution in [2.24, 2.45) is 0 Å². The van der Waals surface area contributed by atoms with Gasteiger partial charge in [0.25, 0.3) is 11.8 Å². The number of nitrogens with zero attached hydrogens (tertiary/aromatic N) is 3. The van der Waals surface area contributed by atoms with Crippen LogP contribution in [0.1, 0.15) is 48.3 Å². The number of aliphatic hydroxyl groups is 1. The first-order chi connectivity index (χ1) is 14.8. The van der Waals surface area contributed by atoms with E-state index in [2.05, 4.69) is 15.3 Å². The van der Waals surface area contributed by atoms with Gasteiger partial charge in [0.1, 0.15) is 17.5 Å². The fraction of sp³-hybridized carbons (Fsp3) is 0.500. The summed E-state index contributed by atoms with van der Waals surface area (Å²) in [6.45, 7) is 4.49. The summed E-state index contributed by atoms with van der Waals surface area (Å²) in [5.41, 5.74) is 1.62. The van der Waals surface area contributed by atoms with Gasteiger partial charge in [0.05, 0.1) is 29.9 Å². The third kappa shape index (κ3) is 3.22. The number of nitrogens with one attached hydrogen (secondary N) is 1. The molecule has 5 rings (SSSR count). The van der Waals surface area contributed by atoms with Crippen LogP contribution in [0.3, 0.4) is 0 Å². The molecule has 2 unspecified atom stereocenters. The van der Waals surface area contributed by atoms with Gasteiger partial charge < -0.3 is 20.1 Å². The number of aromatic nitrogens is 2. The van der Waals surface area contributed by atoms with Crippen molar-refractivity contribution in [3.8, 4) is 17.0 Å². The normalized spacial score (nSPS) is 26.3. The van der Waals surface area contributed by atoms with Gasteiger partial charge in [-0.25, -0.2) is 9.97 Å².